The number of halogens is 2. The summed E-state index contributed by atoms with van der Waals surface area (Å²) in [5.41, 5.74) is 5.67. The number of carbonyl (C=O) groups is 1. The minimum absolute atomic E-state index is 0.103. The third-order valence-corrected chi connectivity index (χ3v) is 3.98. The number of rotatable bonds is 4. The molecule has 1 aliphatic rings. The molecule has 0 spiro atoms. The molecule has 3 unspecified atom stereocenters. The summed E-state index contributed by atoms with van der Waals surface area (Å²) >= 11 is 0. The standard InChI is InChI=1S/C15H20F2N2O2/c1-9(12-7-10(16)3-5-13(12)17)19(2)15(20)14-6-4-11(8-18)21-14/h3,5,7,9,11,14H,4,6,8,18H2,1-2H3. The van der Waals surface area contributed by atoms with Crippen LogP contribution in [0.4, 0.5) is 8.78 Å². The molecule has 0 aromatic heterocycles. The third kappa shape index (κ3) is 3.39. The zero-order valence-electron chi connectivity index (χ0n) is 12.2. The fraction of sp³-hybridized carbons (Fsp3) is 0.533. The SMILES string of the molecule is CC(c1cc(F)ccc1F)N(C)C(=O)C1CCC(CN)O1. The van der Waals surface area contributed by atoms with E-state index in [4.69, 9.17) is 10.5 Å². The average molecular weight is 298 g/mol. The van der Waals surface area contributed by atoms with Gasteiger partial charge in [0.05, 0.1) is 12.1 Å². The van der Waals surface area contributed by atoms with Crippen LogP contribution in [0.5, 0.6) is 0 Å². The van der Waals surface area contributed by atoms with E-state index in [1.54, 1.807) is 14.0 Å². The Hall–Kier alpha value is -1.53. The number of benzene rings is 1. The lowest BCUT2D eigenvalue weighted by molar-refractivity contribution is -0.143. The Morgan fingerprint density at radius 1 is 1.48 bits per heavy atom. The molecule has 3 atom stereocenters. The van der Waals surface area contributed by atoms with Crippen LogP contribution in [0, 0.1) is 11.6 Å². The van der Waals surface area contributed by atoms with E-state index in [1.165, 1.54) is 4.90 Å². The first-order valence-corrected chi connectivity index (χ1v) is 7.01. The van der Waals surface area contributed by atoms with E-state index in [-0.39, 0.29) is 17.6 Å². The molecular weight excluding hydrogens is 278 g/mol. The normalized spacial score (nSPS) is 23.1. The lowest BCUT2D eigenvalue weighted by Crippen LogP contribution is -2.38. The number of carbonyl (C=O) groups excluding carboxylic acids is 1. The Labute approximate surface area is 122 Å². The lowest BCUT2D eigenvalue weighted by atomic mass is 10.1. The molecule has 1 aromatic rings. The molecule has 0 aliphatic carbocycles. The minimum Gasteiger partial charge on any atom is -0.364 e. The summed E-state index contributed by atoms with van der Waals surface area (Å²) < 4.78 is 32.6. The molecule has 21 heavy (non-hydrogen) atoms. The summed E-state index contributed by atoms with van der Waals surface area (Å²) in [7, 11) is 1.57. The molecule has 0 saturated carbocycles. The smallest absolute Gasteiger partial charge is 0.251 e. The zero-order valence-corrected chi connectivity index (χ0v) is 12.2. The van der Waals surface area contributed by atoms with Crippen LogP contribution in [-0.2, 0) is 9.53 Å². The molecule has 4 nitrogen and oxygen atoms in total. The average Bonchev–Trinajstić information content (AvgIpc) is 2.96. The summed E-state index contributed by atoms with van der Waals surface area (Å²) in [6.07, 6.45) is 0.684. The maximum absolute atomic E-state index is 13.8. The number of hydrogen-bond acceptors (Lipinski definition) is 3. The molecule has 2 N–H and O–H groups in total. The third-order valence-electron chi connectivity index (χ3n) is 3.98. The molecule has 1 amide bonds. The highest BCUT2D eigenvalue weighted by atomic mass is 19.1. The summed E-state index contributed by atoms with van der Waals surface area (Å²) in [4.78, 5) is 13.8. The predicted octanol–water partition coefficient (Wildman–Crippen LogP) is 1.99. The van der Waals surface area contributed by atoms with Gasteiger partial charge >= 0.3 is 0 Å². The maximum atomic E-state index is 13.8. The van der Waals surface area contributed by atoms with Crippen molar-refractivity contribution in [2.24, 2.45) is 5.73 Å². The van der Waals surface area contributed by atoms with Gasteiger partial charge < -0.3 is 15.4 Å². The number of amides is 1. The highest BCUT2D eigenvalue weighted by molar-refractivity contribution is 5.81. The van der Waals surface area contributed by atoms with Gasteiger partial charge in [0.2, 0.25) is 0 Å². The summed E-state index contributed by atoms with van der Waals surface area (Å²) in [5.74, 6) is -1.29. The van der Waals surface area contributed by atoms with Gasteiger partial charge in [0, 0.05) is 19.2 Å². The summed E-state index contributed by atoms with van der Waals surface area (Å²) in [6, 6.07) is 2.66. The van der Waals surface area contributed by atoms with Crippen molar-refractivity contribution >= 4 is 5.91 Å². The molecule has 1 aromatic carbocycles. The second-order valence-electron chi connectivity index (χ2n) is 5.35. The Morgan fingerprint density at radius 2 is 2.19 bits per heavy atom. The Morgan fingerprint density at radius 3 is 2.81 bits per heavy atom. The van der Waals surface area contributed by atoms with Gasteiger partial charge in [0.15, 0.2) is 0 Å². The van der Waals surface area contributed by atoms with Crippen molar-refractivity contribution in [2.75, 3.05) is 13.6 Å². The minimum atomic E-state index is -0.575. The first kappa shape index (κ1) is 15.9. The van der Waals surface area contributed by atoms with E-state index in [9.17, 15) is 13.6 Å². The molecule has 1 saturated heterocycles. The Bertz CT molecular complexity index is 524. The fourth-order valence-corrected chi connectivity index (χ4v) is 2.52. The first-order valence-electron chi connectivity index (χ1n) is 7.01. The number of nitrogens with two attached hydrogens (primary N) is 1. The molecular formula is C15H20F2N2O2. The van der Waals surface area contributed by atoms with Crippen LogP contribution in [0.3, 0.4) is 0 Å². The molecule has 2 rings (SSSR count). The molecule has 0 bridgehead atoms. The molecule has 1 heterocycles. The van der Waals surface area contributed by atoms with Crippen LogP contribution >= 0.6 is 0 Å². The van der Waals surface area contributed by atoms with Crippen molar-refractivity contribution in [3.05, 3.63) is 35.4 Å². The predicted molar refractivity (Wildman–Crippen MR) is 74.5 cm³/mol. The summed E-state index contributed by atoms with van der Waals surface area (Å²) in [6.45, 7) is 2.03. The van der Waals surface area contributed by atoms with E-state index >= 15 is 0 Å². The quantitative estimate of drug-likeness (QED) is 0.925. The van der Waals surface area contributed by atoms with Crippen molar-refractivity contribution in [3.8, 4) is 0 Å². The zero-order chi connectivity index (χ0) is 15.6. The van der Waals surface area contributed by atoms with Gasteiger partial charge in [-0.2, -0.15) is 0 Å². The number of likely N-dealkylation sites (N-methyl/N-ethyl adjacent to an activating group) is 1. The molecule has 0 radical (unpaired) electrons. The van der Waals surface area contributed by atoms with E-state index < -0.39 is 23.8 Å². The van der Waals surface area contributed by atoms with Gasteiger partial charge in [0.25, 0.3) is 5.91 Å². The highest BCUT2D eigenvalue weighted by Gasteiger charge is 2.33. The molecule has 1 fully saturated rings. The second kappa shape index (κ2) is 6.49. The lowest BCUT2D eigenvalue weighted by Gasteiger charge is -2.28. The van der Waals surface area contributed by atoms with E-state index in [1.807, 2.05) is 0 Å². The summed E-state index contributed by atoms with van der Waals surface area (Å²) in [5, 5.41) is 0. The van der Waals surface area contributed by atoms with Crippen LogP contribution in [0.15, 0.2) is 18.2 Å². The van der Waals surface area contributed by atoms with E-state index in [0.29, 0.717) is 13.0 Å². The molecule has 1 aliphatic heterocycles. The van der Waals surface area contributed by atoms with Crippen molar-refractivity contribution in [3.63, 3.8) is 0 Å². The maximum Gasteiger partial charge on any atom is 0.251 e. The Kier molecular flexibility index (Phi) is 4.90. The largest absolute Gasteiger partial charge is 0.364 e. The van der Waals surface area contributed by atoms with Crippen LogP contribution in [0.25, 0.3) is 0 Å². The first-order chi connectivity index (χ1) is 9.93. The van der Waals surface area contributed by atoms with Crippen molar-refractivity contribution < 1.29 is 18.3 Å². The van der Waals surface area contributed by atoms with Crippen LogP contribution in [0.1, 0.15) is 31.4 Å². The second-order valence-corrected chi connectivity index (χ2v) is 5.35. The van der Waals surface area contributed by atoms with Crippen molar-refractivity contribution in [1.29, 1.82) is 0 Å². The van der Waals surface area contributed by atoms with Crippen LogP contribution in [0.2, 0.25) is 0 Å². The monoisotopic (exact) mass is 298 g/mol. The fourth-order valence-electron chi connectivity index (χ4n) is 2.52. The van der Waals surface area contributed by atoms with Gasteiger partial charge in [0.1, 0.15) is 17.7 Å². The topological polar surface area (TPSA) is 55.6 Å². The number of nitrogens with zero attached hydrogens (tertiary/aromatic N) is 1. The molecule has 6 heteroatoms. The number of ether oxygens (including phenoxy) is 1. The van der Waals surface area contributed by atoms with Crippen molar-refractivity contribution in [1.82, 2.24) is 4.90 Å². The highest BCUT2D eigenvalue weighted by Crippen LogP contribution is 2.26. The molecule has 116 valence electrons. The van der Waals surface area contributed by atoms with Gasteiger partial charge in [-0.25, -0.2) is 8.78 Å². The van der Waals surface area contributed by atoms with Gasteiger partial charge in [-0.1, -0.05) is 0 Å². The van der Waals surface area contributed by atoms with Gasteiger partial charge in [-0.15, -0.1) is 0 Å². The van der Waals surface area contributed by atoms with Crippen LogP contribution in [-0.4, -0.2) is 36.6 Å². The van der Waals surface area contributed by atoms with Crippen molar-refractivity contribution in [2.45, 2.75) is 38.0 Å². The van der Waals surface area contributed by atoms with E-state index in [2.05, 4.69) is 0 Å². The van der Waals surface area contributed by atoms with Gasteiger partial charge in [-0.05, 0) is 38.0 Å². The van der Waals surface area contributed by atoms with E-state index in [0.717, 1.165) is 24.6 Å². The Balaban J connectivity index is 2.10. The van der Waals surface area contributed by atoms with Gasteiger partial charge in [-0.3, -0.25) is 4.79 Å². The van der Waals surface area contributed by atoms with Crippen LogP contribution < -0.4 is 5.73 Å². The number of hydrogen-bond donors (Lipinski definition) is 1.